The molecule has 1 amide bonds. The van der Waals surface area contributed by atoms with Crippen molar-refractivity contribution in [1.82, 2.24) is 19.1 Å². The molecule has 2 aromatic carbocycles. The van der Waals surface area contributed by atoms with E-state index in [2.05, 4.69) is 10.1 Å². The van der Waals surface area contributed by atoms with Gasteiger partial charge >= 0.3 is 0 Å². The van der Waals surface area contributed by atoms with Crippen LogP contribution >= 0.6 is 11.3 Å². The van der Waals surface area contributed by atoms with E-state index in [1.54, 1.807) is 42.1 Å². The highest BCUT2D eigenvalue weighted by Crippen LogP contribution is 2.33. The molecule has 1 fully saturated rings. The van der Waals surface area contributed by atoms with E-state index in [-0.39, 0.29) is 16.8 Å². The van der Waals surface area contributed by atoms with E-state index in [9.17, 15) is 13.2 Å². The van der Waals surface area contributed by atoms with E-state index >= 15 is 0 Å². The van der Waals surface area contributed by atoms with Crippen molar-refractivity contribution in [1.29, 1.82) is 0 Å². The van der Waals surface area contributed by atoms with Gasteiger partial charge < -0.3 is 4.74 Å². The Balaban J connectivity index is 1.44. The standard InChI is InChI=1S/C24H25N5O4S2/c1-27(18-6-7-18)35(31,32)20-9-4-17(5-10-20)23(30)29(15-14-28-13-3-12-25-28)24-26-21-11-8-19(33-2)16-22(21)34-24/h3-5,8-13,16,18H,6-7,14-15H2,1-2H3. The quantitative estimate of drug-likeness (QED) is 0.340. The summed E-state index contributed by atoms with van der Waals surface area (Å²) in [6, 6.07) is 13.6. The van der Waals surface area contributed by atoms with Crippen molar-refractivity contribution in [3.8, 4) is 5.75 Å². The van der Waals surface area contributed by atoms with Gasteiger partial charge in [0.2, 0.25) is 10.0 Å². The molecule has 0 bridgehead atoms. The van der Waals surface area contributed by atoms with Gasteiger partial charge in [0, 0.05) is 37.6 Å². The van der Waals surface area contributed by atoms with Crippen LogP contribution in [0.4, 0.5) is 5.13 Å². The lowest BCUT2D eigenvalue weighted by Crippen LogP contribution is -2.34. The van der Waals surface area contributed by atoms with Crippen molar-refractivity contribution in [2.75, 3.05) is 25.6 Å². The number of methoxy groups -OCH3 is 1. The second-order valence-corrected chi connectivity index (χ2v) is 11.3. The topological polar surface area (TPSA) is 97.6 Å². The lowest BCUT2D eigenvalue weighted by Gasteiger charge is -2.20. The van der Waals surface area contributed by atoms with Gasteiger partial charge in [-0.3, -0.25) is 14.4 Å². The first-order valence-electron chi connectivity index (χ1n) is 11.2. The second kappa shape index (κ2) is 9.40. The van der Waals surface area contributed by atoms with E-state index in [1.165, 1.54) is 27.8 Å². The summed E-state index contributed by atoms with van der Waals surface area (Å²) in [4.78, 5) is 20.1. The summed E-state index contributed by atoms with van der Waals surface area (Å²) in [5.74, 6) is 0.456. The molecule has 35 heavy (non-hydrogen) atoms. The molecule has 1 aliphatic rings. The molecular formula is C24H25N5O4S2. The highest BCUT2D eigenvalue weighted by molar-refractivity contribution is 7.89. The maximum absolute atomic E-state index is 13.6. The Hall–Kier alpha value is -3.28. The summed E-state index contributed by atoms with van der Waals surface area (Å²) in [6.45, 7) is 0.832. The molecule has 4 aromatic rings. The number of thiazole rings is 1. The van der Waals surface area contributed by atoms with Crippen LogP contribution in [0.3, 0.4) is 0 Å². The molecule has 2 heterocycles. The number of aromatic nitrogens is 3. The number of sulfonamides is 1. The van der Waals surface area contributed by atoms with Gasteiger partial charge in [0.1, 0.15) is 5.75 Å². The SMILES string of the molecule is COc1ccc2nc(N(CCn3cccn3)C(=O)c3ccc(S(=O)(=O)N(C)C4CC4)cc3)sc2c1. The van der Waals surface area contributed by atoms with Crippen LogP contribution in [-0.2, 0) is 16.6 Å². The van der Waals surface area contributed by atoms with Crippen molar-refractivity contribution in [3.05, 3.63) is 66.5 Å². The minimum Gasteiger partial charge on any atom is -0.497 e. The number of hydrogen-bond acceptors (Lipinski definition) is 7. The van der Waals surface area contributed by atoms with E-state index in [4.69, 9.17) is 4.74 Å². The van der Waals surface area contributed by atoms with E-state index in [1.807, 2.05) is 30.5 Å². The number of hydrogen-bond donors (Lipinski definition) is 0. The van der Waals surface area contributed by atoms with Gasteiger partial charge in [0.15, 0.2) is 5.13 Å². The number of nitrogens with zero attached hydrogens (tertiary/aromatic N) is 5. The van der Waals surface area contributed by atoms with Crippen LogP contribution in [0.15, 0.2) is 65.8 Å². The van der Waals surface area contributed by atoms with Crippen LogP contribution in [0.5, 0.6) is 5.75 Å². The number of anilines is 1. The minimum absolute atomic E-state index is 0.0664. The molecule has 0 atom stereocenters. The van der Waals surface area contributed by atoms with Crippen molar-refractivity contribution in [2.45, 2.75) is 30.3 Å². The monoisotopic (exact) mass is 511 g/mol. The zero-order valence-electron chi connectivity index (χ0n) is 19.4. The van der Waals surface area contributed by atoms with E-state index in [0.29, 0.717) is 23.8 Å². The normalized spacial score (nSPS) is 13.9. The molecule has 5 rings (SSSR count). The Morgan fingerprint density at radius 3 is 2.63 bits per heavy atom. The number of carbonyl (C=O) groups is 1. The maximum atomic E-state index is 13.6. The number of benzene rings is 2. The van der Waals surface area contributed by atoms with Crippen LogP contribution < -0.4 is 9.64 Å². The van der Waals surface area contributed by atoms with Gasteiger partial charge in [0.05, 0.1) is 28.8 Å². The fourth-order valence-corrected chi connectivity index (χ4v) is 6.21. The summed E-state index contributed by atoms with van der Waals surface area (Å²) in [7, 11) is -0.371. The van der Waals surface area contributed by atoms with Crippen LogP contribution in [0.2, 0.25) is 0 Å². The van der Waals surface area contributed by atoms with Crippen LogP contribution in [0.25, 0.3) is 10.2 Å². The van der Waals surface area contributed by atoms with Gasteiger partial charge in [-0.2, -0.15) is 9.40 Å². The summed E-state index contributed by atoms with van der Waals surface area (Å²) in [5, 5.41) is 4.78. The van der Waals surface area contributed by atoms with Gasteiger partial charge in [-0.15, -0.1) is 0 Å². The Morgan fingerprint density at radius 2 is 1.97 bits per heavy atom. The number of amides is 1. The average Bonchev–Trinajstić information content (AvgIpc) is 3.42. The predicted molar refractivity (Wildman–Crippen MR) is 134 cm³/mol. The highest BCUT2D eigenvalue weighted by Gasteiger charge is 2.35. The summed E-state index contributed by atoms with van der Waals surface area (Å²) in [5.41, 5.74) is 1.16. The van der Waals surface area contributed by atoms with Crippen molar-refractivity contribution in [2.24, 2.45) is 0 Å². The summed E-state index contributed by atoms with van der Waals surface area (Å²) < 4.78 is 35.1. The minimum atomic E-state index is -3.58. The molecule has 0 aliphatic heterocycles. The third-order valence-corrected chi connectivity index (χ3v) is 8.98. The van der Waals surface area contributed by atoms with Crippen LogP contribution in [0.1, 0.15) is 23.2 Å². The lowest BCUT2D eigenvalue weighted by molar-refractivity contribution is 0.0985. The number of fused-ring (bicyclic) bond motifs is 1. The third kappa shape index (κ3) is 4.79. The van der Waals surface area contributed by atoms with Crippen molar-refractivity contribution in [3.63, 3.8) is 0 Å². The summed E-state index contributed by atoms with van der Waals surface area (Å²) >= 11 is 1.40. The Kier molecular flexibility index (Phi) is 6.30. The smallest absolute Gasteiger partial charge is 0.260 e. The number of carbonyl (C=O) groups excluding carboxylic acids is 1. The molecule has 9 nitrogen and oxygen atoms in total. The molecule has 0 N–H and O–H groups in total. The zero-order valence-corrected chi connectivity index (χ0v) is 21.0. The lowest BCUT2D eigenvalue weighted by atomic mass is 10.2. The van der Waals surface area contributed by atoms with Gasteiger partial charge in [-0.05, 0) is 61.4 Å². The highest BCUT2D eigenvalue weighted by atomic mass is 32.2. The third-order valence-electron chi connectivity index (χ3n) is 6.01. The molecule has 0 unspecified atom stereocenters. The summed E-state index contributed by atoms with van der Waals surface area (Å²) in [6.07, 6.45) is 5.28. The fourth-order valence-electron chi connectivity index (χ4n) is 3.78. The first-order chi connectivity index (χ1) is 16.9. The molecule has 1 saturated carbocycles. The fraction of sp³-hybridized carbons (Fsp3) is 0.292. The Bertz CT molecular complexity index is 1450. The Morgan fingerprint density at radius 1 is 1.20 bits per heavy atom. The van der Waals surface area contributed by atoms with Crippen LogP contribution in [-0.4, -0.2) is 60.1 Å². The molecule has 0 saturated heterocycles. The molecule has 0 spiro atoms. The molecule has 11 heteroatoms. The number of ether oxygens (including phenoxy) is 1. The largest absolute Gasteiger partial charge is 0.497 e. The maximum Gasteiger partial charge on any atom is 0.260 e. The average molecular weight is 512 g/mol. The zero-order chi connectivity index (χ0) is 24.6. The van der Waals surface area contributed by atoms with Crippen molar-refractivity contribution >= 4 is 42.6 Å². The van der Waals surface area contributed by atoms with Crippen LogP contribution in [0, 0.1) is 0 Å². The van der Waals surface area contributed by atoms with Gasteiger partial charge in [0.25, 0.3) is 5.91 Å². The van der Waals surface area contributed by atoms with Gasteiger partial charge in [-0.25, -0.2) is 13.4 Å². The first kappa shape index (κ1) is 23.5. The molecule has 182 valence electrons. The van der Waals surface area contributed by atoms with E-state index < -0.39 is 10.0 Å². The van der Waals surface area contributed by atoms with Crippen molar-refractivity contribution < 1.29 is 17.9 Å². The second-order valence-electron chi connectivity index (χ2n) is 8.33. The molecule has 2 aromatic heterocycles. The van der Waals surface area contributed by atoms with E-state index in [0.717, 1.165) is 28.8 Å². The molecule has 0 radical (unpaired) electrons. The molecule has 1 aliphatic carbocycles. The first-order valence-corrected chi connectivity index (χ1v) is 13.4. The molecular weight excluding hydrogens is 486 g/mol. The van der Waals surface area contributed by atoms with Gasteiger partial charge in [-0.1, -0.05) is 11.3 Å². The number of rotatable bonds is 9. The predicted octanol–water partition coefficient (Wildman–Crippen LogP) is 3.63. The Labute approximate surface area is 207 Å².